The number of aryl methyl sites for hydroxylation is 1. The van der Waals surface area contributed by atoms with Gasteiger partial charge in [0.2, 0.25) is 0 Å². The first-order valence-corrected chi connectivity index (χ1v) is 6.09. The van der Waals surface area contributed by atoms with Crippen LogP contribution >= 0.6 is 11.8 Å². The lowest BCUT2D eigenvalue weighted by molar-refractivity contribution is 0.0421. The quantitative estimate of drug-likeness (QED) is 0.765. The van der Waals surface area contributed by atoms with Gasteiger partial charge in [-0.2, -0.15) is 11.8 Å². The second-order valence-electron chi connectivity index (χ2n) is 4.00. The monoisotopic (exact) mass is 208 g/mol. The third-order valence-electron chi connectivity index (χ3n) is 3.14. The summed E-state index contributed by atoms with van der Waals surface area (Å²) in [5.41, 5.74) is 1.71. The average Bonchev–Trinajstić information content (AvgIpc) is 2.49. The molecule has 0 unspecified atom stereocenters. The third-order valence-corrected chi connectivity index (χ3v) is 4.46. The molecule has 2 heteroatoms. The second-order valence-corrected chi connectivity index (χ2v) is 5.45. The smallest absolute Gasteiger partial charge is 0.102 e. The fourth-order valence-electron chi connectivity index (χ4n) is 2.14. The van der Waals surface area contributed by atoms with Gasteiger partial charge in [0.1, 0.15) is 5.60 Å². The second kappa shape index (κ2) is 3.59. The van der Waals surface area contributed by atoms with Gasteiger partial charge in [0.25, 0.3) is 0 Å². The molecule has 1 nitrogen and oxygen atoms in total. The molecule has 2 atom stereocenters. The summed E-state index contributed by atoms with van der Waals surface area (Å²) in [7, 11) is 0. The largest absolute Gasteiger partial charge is 0.384 e. The van der Waals surface area contributed by atoms with Crippen molar-refractivity contribution in [3.63, 3.8) is 0 Å². The minimum atomic E-state index is -0.601. The van der Waals surface area contributed by atoms with E-state index in [1.165, 1.54) is 5.56 Å². The zero-order chi connectivity index (χ0) is 10.2. The molecule has 2 rings (SSSR count). The minimum Gasteiger partial charge on any atom is -0.384 e. The first kappa shape index (κ1) is 10.1. The zero-order valence-electron chi connectivity index (χ0n) is 8.66. The third kappa shape index (κ3) is 1.47. The molecule has 1 fully saturated rings. The number of hydrogen-bond acceptors (Lipinski definition) is 2. The molecule has 1 aromatic carbocycles. The summed E-state index contributed by atoms with van der Waals surface area (Å²) in [5, 5.41) is 10.9. The van der Waals surface area contributed by atoms with Crippen LogP contribution in [0.3, 0.4) is 0 Å². The molecule has 0 aromatic heterocycles. The Morgan fingerprint density at radius 3 is 2.71 bits per heavy atom. The molecule has 1 saturated heterocycles. The zero-order valence-corrected chi connectivity index (χ0v) is 9.47. The van der Waals surface area contributed by atoms with Crippen molar-refractivity contribution in [1.29, 1.82) is 0 Å². The van der Waals surface area contributed by atoms with Crippen LogP contribution < -0.4 is 0 Å². The van der Waals surface area contributed by atoms with Crippen LogP contribution in [0.1, 0.15) is 24.5 Å². The predicted octanol–water partition coefficient (Wildman–Crippen LogP) is 2.71. The van der Waals surface area contributed by atoms with Crippen molar-refractivity contribution < 1.29 is 5.11 Å². The summed E-state index contributed by atoms with van der Waals surface area (Å²) in [6.45, 7) is 4.19. The van der Waals surface area contributed by atoms with Crippen LogP contribution in [0.25, 0.3) is 0 Å². The Kier molecular flexibility index (Phi) is 2.58. The fraction of sp³-hybridized carbons (Fsp3) is 0.500. The number of aliphatic hydroxyl groups is 1. The van der Waals surface area contributed by atoms with Crippen molar-refractivity contribution in [2.24, 2.45) is 0 Å². The van der Waals surface area contributed by atoms with Gasteiger partial charge in [-0.15, -0.1) is 0 Å². The van der Waals surface area contributed by atoms with Crippen LogP contribution in [0.15, 0.2) is 24.3 Å². The normalized spacial score (nSPS) is 32.1. The highest BCUT2D eigenvalue weighted by Gasteiger charge is 2.41. The van der Waals surface area contributed by atoms with Gasteiger partial charge in [-0.1, -0.05) is 31.2 Å². The highest BCUT2D eigenvalue weighted by Crippen LogP contribution is 2.43. The molecular formula is C12H16OS. The summed E-state index contributed by atoms with van der Waals surface area (Å²) in [4.78, 5) is 0. The van der Waals surface area contributed by atoms with E-state index in [1.54, 1.807) is 0 Å². The molecule has 0 amide bonds. The molecular weight excluding hydrogens is 192 g/mol. The number of rotatable bonds is 1. The molecule has 0 aliphatic carbocycles. The Balaban J connectivity index is 2.43. The molecule has 14 heavy (non-hydrogen) atoms. The van der Waals surface area contributed by atoms with Gasteiger partial charge < -0.3 is 5.11 Å². The Morgan fingerprint density at radius 2 is 2.14 bits per heavy atom. The highest BCUT2D eigenvalue weighted by molar-refractivity contribution is 8.00. The van der Waals surface area contributed by atoms with Crippen molar-refractivity contribution >= 4 is 11.8 Å². The van der Waals surface area contributed by atoms with Crippen LogP contribution in [0.5, 0.6) is 0 Å². The Hall–Kier alpha value is -0.470. The molecule has 1 N–H and O–H groups in total. The van der Waals surface area contributed by atoms with Gasteiger partial charge in [0.05, 0.1) is 0 Å². The number of hydrogen-bond donors (Lipinski definition) is 1. The van der Waals surface area contributed by atoms with Gasteiger partial charge in [0.15, 0.2) is 0 Å². The lowest BCUT2D eigenvalue weighted by Gasteiger charge is -2.28. The van der Waals surface area contributed by atoms with E-state index in [0.717, 1.165) is 17.7 Å². The van der Waals surface area contributed by atoms with Gasteiger partial charge in [0, 0.05) is 5.25 Å². The van der Waals surface area contributed by atoms with E-state index in [0.29, 0.717) is 5.25 Å². The van der Waals surface area contributed by atoms with E-state index < -0.39 is 5.60 Å². The number of benzene rings is 1. The predicted molar refractivity (Wildman–Crippen MR) is 61.6 cm³/mol. The Labute approximate surface area is 89.5 Å². The molecule has 1 aliphatic rings. The van der Waals surface area contributed by atoms with Gasteiger partial charge in [-0.25, -0.2) is 0 Å². The van der Waals surface area contributed by atoms with E-state index in [2.05, 4.69) is 26.0 Å². The van der Waals surface area contributed by atoms with Crippen LogP contribution in [-0.2, 0) is 5.60 Å². The van der Waals surface area contributed by atoms with Crippen LogP contribution in [0.2, 0.25) is 0 Å². The summed E-state index contributed by atoms with van der Waals surface area (Å²) in [6.07, 6.45) is 0.879. The molecule has 0 spiro atoms. The first-order chi connectivity index (χ1) is 6.64. The minimum absolute atomic E-state index is 0.309. The molecule has 1 aliphatic heterocycles. The standard InChI is InChI=1S/C12H16OS/c1-9-5-3-4-6-11(9)12(13)7-8-14-10(12)2/h3-6,10,13H,7-8H2,1-2H3/t10-,12+/m1/s1. The van der Waals surface area contributed by atoms with E-state index >= 15 is 0 Å². The molecule has 0 saturated carbocycles. The van der Waals surface area contributed by atoms with Gasteiger partial charge >= 0.3 is 0 Å². The Bertz CT molecular complexity index is 337. The molecule has 1 aromatic rings. The topological polar surface area (TPSA) is 20.2 Å². The van der Waals surface area contributed by atoms with E-state index in [-0.39, 0.29) is 0 Å². The fourth-order valence-corrected chi connectivity index (χ4v) is 3.45. The molecule has 76 valence electrons. The maximum Gasteiger partial charge on any atom is 0.102 e. The van der Waals surface area contributed by atoms with Crippen molar-refractivity contribution in [3.05, 3.63) is 35.4 Å². The maximum absolute atomic E-state index is 10.6. The lowest BCUT2D eigenvalue weighted by Crippen LogP contribution is -2.32. The SMILES string of the molecule is Cc1ccccc1[C@]1(O)CCS[C@@H]1C. The molecule has 1 heterocycles. The summed E-state index contributed by atoms with van der Waals surface area (Å²) < 4.78 is 0. The highest BCUT2D eigenvalue weighted by atomic mass is 32.2. The first-order valence-electron chi connectivity index (χ1n) is 5.04. The molecule has 0 bridgehead atoms. The number of thioether (sulfide) groups is 1. The van der Waals surface area contributed by atoms with Crippen LogP contribution in [0, 0.1) is 6.92 Å². The van der Waals surface area contributed by atoms with E-state index in [9.17, 15) is 5.11 Å². The van der Waals surface area contributed by atoms with E-state index in [1.807, 2.05) is 23.9 Å². The molecule has 0 radical (unpaired) electrons. The van der Waals surface area contributed by atoms with Gasteiger partial charge in [-0.05, 0) is 30.2 Å². The summed E-state index contributed by atoms with van der Waals surface area (Å²) in [5.74, 6) is 1.06. The lowest BCUT2D eigenvalue weighted by atomic mass is 9.86. The maximum atomic E-state index is 10.6. The van der Waals surface area contributed by atoms with Crippen molar-refractivity contribution in [2.75, 3.05) is 5.75 Å². The average molecular weight is 208 g/mol. The van der Waals surface area contributed by atoms with Crippen molar-refractivity contribution in [1.82, 2.24) is 0 Å². The van der Waals surface area contributed by atoms with Crippen LogP contribution in [-0.4, -0.2) is 16.1 Å². The summed E-state index contributed by atoms with van der Waals surface area (Å²) in [6, 6.07) is 8.16. The summed E-state index contributed by atoms with van der Waals surface area (Å²) >= 11 is 1.86. The Morgan fingerprint density at radius 1 is 1.43 bits per heavy atom. The van der Waals surface area contributed by atoms with Crippen LogP contribution in [0.4, 0.5) is 0 Å². The van der Waals surface area contributed by atoms with Crippen molar-refractivity contribution in [2.45, 2.75) is 31.1 Å². The van der Waals surface area contributed by atoms with Gasteiger partial charge in [-0.3, -0.25) is 0 Å². The van der Waals surface area contributed by atoms with Crippen molar-refractivity contribution in [3.8, 4) is 0 Å². The van der Waals surface area contributed by atoms with E-state index in [4.69, 9.17) is 0 Å².